The number of amides is 2. The fourth-order valence-electron chi connectivity index (χ4n) is 3.46. The topological polar surface area (TPSA) is 73.2 Å². The number of carbonyl (C=O) groups is 2. The summed E-state index contributed by atoms with van der Waals surface area (Å²) >= 11 is 0. The molecule has 27 heavy (non-hydrogen) atoms. The molecule has 1 aromatic rings. The van der Waals surface area contributed by atoms with Gasteiger partial charge in [-0.1, -0.05) is 12.1 Å². The molecule has 0 atom stereocenters. The third kappa shape index (κ3) is 3.28. The largest absolute Gasteiger partial charge is 0.465 e. The second kappa shape index (κ2) is 6.83. The molecular formula is C20H18FN3O3. The number of carbonyl (C=O) groups excluding carboxylic acids is 1. The van der Waals surface area contributed by atoms with Crippen molar-refractivity contribution >= 4 is 23.3 Å². The van der Waals surface area contributed by atoms with Crippen LogP contribution in [0.1, 0.15) is 22.3 Å². The summed E-state index contributed by atoms with van der Waals surface area (Å²) in [6.07, 6.45) is 4.18. The first kappa shape index (κ1) is 17.2. The molecule has 6 nitrogen and oxygen atoms in total. The first-order chi connectivity index (χ1) is 13.0. The lowest BCUT2D eigenvalue weighted by Gasteiger charge is -2.33. The molecule has 1 aromatic carbocycles. The number of piperazine rings is 1. The summed E-state index contributed by atoms with van der Waals surface area (Å²) in [5.41, 5.74) is 4.04. The van der Waals surface area contributed by atoms with Gasteiger partial charge in [-0.15, -0.1) is 0 Å². The highest BCUT2D eigenvalue weighted by atomic mass is 19.1. The van der Waals surface area contributed by atoms with Gasteiger partial charge in [-0.25, -0.2) is 9.18 Å². The van der Waals surface area contributed by atoms with Gasteiger partial charge in [0, 0.05) is 55.5 Å². The van der Waals surface area contributed by atoms with Gasteiger partial charge in [0.1, 0.15) is 5.83 Å². The molecule has 3 aliphatic rings. The Balaban J connectivity index is 1.46. The van der Waals surface area contributed by atoms with Gasteiger partial charge in [0.2, 0.25) is 0 Å². The summed E-state index contributed by atoms with van der Waals surface area (Å²) in [5.74, 6) is -0.304. The van der Waals surface area contributed by atoms with Crippen LogP contribution in [0.5, 0.6) is 0 Å². The number of hydrogen-bond donors (Lipinski definition) is 1. The lowest BCUT2D eigenvalue weighted by molar-refractivity contribution is 0.0625. The number of halogens is 1. The Morgan fingerprint density at radius 1 is 0.963 bits per heavy atom. The zero-order chi connectivity index (χ0) is 19.0. The van der Waals surface area contributed by atoms with E-state index >= 15 is 0 Å². The fourth-order valence-corrected chi connectivity index (χ4v) is 3.46. The summed E-state index contributed by atoms with van der Waals surface area (Å²) in [7, 11) is 0. The first-order valence-corrected chi connectivity index (χ1v) is 8.74. The van der Waals surface area contributed by atoms with Crippen molar-refractivity contribution in [2.75, 3.05) is 26.2 Å². The zero-order valence-corrected chi connectivity index (χ0v) is 14.6. The minimum absolute atomic E-state index is 0.106. The van der Waals surface area contributed by atoms with Gasteiger partial charge in [0.25, 0.3) is 5.91 Å². The van der Waals surface area contributed by atoms with Crippen molar-refractivity contribution in [3.05, 3.63) is 65.1 Å². The van der Waals surface area contributed by atoms with E-state index in [1.54, 1.807) is 29.3 Å². The molecule has 0 spiro atoms. The monoisotopic (exact) mass is 367 g/mol. The molecule has 0 bridgehead atoms. The third-order valence-corrected chi connectivity index (χ3v) is 5.00. The van der Waals surface area contributed by atoms with Crippen molar-refractivity contribution in [1.82, 2.24) is 9.80 Å². The summed E-state index contributed by atoms with van der Waals surface area (Å²) in [5, 5.41) is 8.99. The molecular weight excluding hydrogens is 349 g/mol. The molecule has 138 valence electrons. The molecule has 4 rings (SSSR count). The van der Waals surface area contributed by atoms with Crippen molar-refractivity contribution < 1.29 is 19.1 Å². The van der Waals surface area contributed by atoms with Crippen LogP contribution in [0.15, 0.2) is 59.0 Å². The lowest BCUT2D eigenvalue weighted by Crippen LogP contribution is -2.50. The van der Waals surface area contributed by atoms with E-state index in [9.17, 15) is 14.0 Å². The van der Waals surface area contributed by atoms with Gasteiger partial charge in [0.15, 0.2) is 0 Å². The molecule has 2 heterocycles. The van der Waals surface area contributed by atoms with E-state index in [4.69, 9.17) is 5.11 Å². The highest BCUT2D eigenvalue weighted by molar-refractivity contribution is 6.18. The van der Waals surface area contributed by atoms with E-state index in [1.165, 1.54) is 11.0 Å². The molecule has 7 heteroatoms. The summed E-state index contributed by atoms with van der Waals surface area (Å²) in [6, 6.07) is 7.25. The number of allylic oxidation sites excluding steroid dienone is 5. The maximum atomic E-state index is 13.4. The van der Waals surface area contributed by atoms with Gasteiger partial charge < -0.3 is 14.9 Å². The van der Waals surface area contributed by atoms with Crippen LogP contribution in [0.3, 0.4) is 0 Å². The van der Waals surface area contributed by atoms with Crippen LogP contribution < -0.4 is 0 Å². The highest BCUT2D eigenvalue weighted by Crippen LogP contribution is 2.34. The van der Waals surface area contributed by atoms with Crippen molar-refractivity contribution in [3.63, 3.8) is 0 Å². The molecule has 2 amide bonds. The molecule has 1 saturated heterocycles. The minimum atomic E-state index is -0.954. The Labute approximate surface area is 155 Å². The molecule has 0 radical (unpaired) electrons. The Morgan fingerprint density at radius 3 is 2.30 bits per heavy atom. The Morgan fingerprint density at radius 2 is 1.63 bits per heavy atom. The van der Waals surface area contributed by atoms with Crippen molar-refractivity contribution in [2.24, 2.45) is 4.99 Å². The molecule has 2 aliphatic heterocycles. The average molecular weight is 367 g/mol. The van der Waals surface area contributed by atoms with Crippen molar-refractivity contribution in [1.29, 1.82) is 0 Å². The summed E-state index contributed by atoms with van der Waals surface area (Å²) in [4.78, 5) is 30.9. The molecule has 0 aromatic heterocycles. The SMILES string of the molecule is O=C(O)N1CCN(C(=O)c2ccc(C3=CN=C4CC(F)=CC=C34)cc2)CC1. The molecule has 1 N–H and O–H groups in total. The molecule has 0 unspecified atom stereocenters. The normalized spacial score (nSPS) is 19.0. The molecule has 1 aliphatic carbocycles. The van der Waals surface area contributed by atoms with Gasteiger partial charge in [-0.2, -0.15) is 0 Å². The fraction of sp³-hybridized carbons (Fsp3) is 0.250. The number of nitrogens with zero attached hydrogens (tertiary/aromatic N) is 3. The van der Waals surface area contributed by atoms with E-state index in [2.05, 4.69) is 4.99 Å². The standard InChI is InChI=1S/C20H18FN3O3/c21-15-5-6-16-17(12-22-18(16)11-15)13-1-3-14(4-2-13)19(25)23-7-9-24(10-8-23)20(26)27/h1-6,12H,7-11H2,(H,26,27). The number of hydrogen-bond acceptors (Lipinski definition) is 3. The lowest BCUT2D eigenvalue weighted by atomic mass is 9.92. The van der Waals surface area contributed by atoms with Crippen molar-refractivity contribution in [2.45, 2.75) is 6.42 Å². The predicted octanol–water partition coefficient (Wildman–Crippen LogP) is 3.10. The third-order valence-electron chi connectivity index (χ3n) is 5.00. The van der Waals surface area contributed by atoms with Gasteiger partial charge in [-0.05, 0) is 29.8 Å². The van der Waals surface area contributed by atoms with Gasteiger partial charge in [-0.3, -0.25) is 9.79 Å². The van der Waals surface area contributed by atoms with E-state index < -0.39 is 6.09 Å². The highest BCUT2D eigenvalue weighted by Gasteiger charge is 2.25. The number of rotatable bonds is 2. The van der Waals surface area contributed by atoms with E-state index in [0.717, 1.165) is 22.4 Å². The number of carboxylic acid groups (broad SMARTS) is 1. The van der Waals surface area contributed by atoms with Crippen LogP contribution in [0.25, 0.3) is 5.57 Å². The van der Waals surface area contributed by atoms with Crippen LogP contribution in [0.4, 0.5) is 9.18 Å². The van der Waals surface area contributed by atoms with Gasteiger partial charge >= 0.3 is 6.09 Å². The second-order valence-electron chi connectivity index (χ2n) is 6.63. The van der Waals surface area contributed by atoms with Crippen LogP contribution in [0, 0.1) is 0 Å². The first-order valence-electron chi connectivity index (χ1n) is 8.74. The van der Waals surface area contributed by atoms with Gasteiger partial charge in [0.05, 0.1) is 5.71 Å². The van der Waals surface area contributed by atoms with Crippen LogP contribution in [-0.2, 0) is 0 Å². The Kier molecular flexibility index (Phi) is 4.35. The number of fused-ring (bicyclic) bond motifs is 1. The predicted molar refractivity (Wildman–Crippen MR) is 99.2 cm³/mol. The van der Waals surface area contributed by atoms with Crippen LogP contribution in [-0.4, -0.2) is 58.8 Å². The quantitative estimate of drug-likeness (QED) is 0.873. The van der Waals surface area contributed by atoms with E-state index in [-0.39, 0.29) is 18.2 Å². The van der Waals surface area contributed by atoms with E-state index in [0.29, 0.717) is 31.7 Å². The Bertz CT molecular complexity index is 920. The zero-order valence-electron chi connectivity index (χ0n) is 14.6. The minimum Gasteiger partial charge on any atom is -0.465 e. The summed E-state index contributed by atoms with van der Waals surface area (Å²) in [6.45, 7) is 1.43. The van der Waals surface area contributed by atoms with Crippen LogP contribution in [0.2, 0.25) is 0 Å². The summed E-state index contributed by atoms with van der Waals surface area (Å²) < 4.78 is 13.4. The maximum Gasteiger partial charge on any atom is 0.407 e. The number of benzene rings is 1. The average Bonchev–Trinajstić information content (AvgIpc) is 3.10. The second-order valence-corrected chi connectivity index (χ2v) is 6.63. The van der Waals surface area contributed by atoms with Crippen molar-refractivity contribution in [3.8, 4) is 0 Å². The molecule has 0 saturated carbocycles. The van der Waals surface area contributed by atoms with E-state index in [1.807, 2.05) is 12.1 Å². The van der Waals surface area contributed by atoms with Crippen LogP contribution >= 0.6 is 0 Å². The Hall–Kier alpha value is -3.22. The number of aliphatic imine (C=N–C) groups is 1. The maximum absolute atomic E-state index is 13.4. The smallest absolute Gasteiger partial charge is 0.407 e. The molecule has 1 fully saturated rings.